The Balaban J connectivity index is 1.70. The number of ether oxygens (including phenoxy) is 1. The Morgan fingerprint density at radius 2 is 2.17 bits per heavy atom. The summed E-state index contributed by atoms with van der Waals surface area (Å²) in [6, 6.07) is 7.64. The molecule has 0 aliphatic carbocycles. The monoisotopic (exact) mass is 415 g/mol. The summed E-state index contributed by atoms with van der Waals surface area (Å²) in [6.07, 6.45) is 1.86. The van der Waals surface area contributed by atoms with E-state index in [0.29, 0.717) is 40.9 Å². The number of aromatic nitrogens is 1. The smallest absolute Gasteiger partial charge is 0.274 e. The van der Waals surface area contributed by atoms with Crippen molar-refractivity contribution in [2.75, 3.05) is 23.4 Å². The highest BCUT2D eigenvalue weighted by Gasteiger charge is 2.49. The molecule has 1 fully saturated rings. The standard InChI is InChI=1S/C20H22FN5O2S/c1-11-15-10-29-19(23)26-20(15,6-7-28-11)14-8-13(3-4-16(14)21)25-18(27)17-5-2-12(22)9-24-17/h2-5,8-9,11,15H,6-7,10,22H2,1H3,(H2,23,26)(H,25,27)/t11-,15-,20-/m1/s1. The molecule has 5 N–H and O–H groups in total. The number of nitrogens with one attached hydrogen (secondary N) is 1. The average Bonchev–Trinajstić information content (AvgIpc) is 2.69. The number of aliphatic imine (C=N–C) groups is 1. The van der Waals surface area contributed by atoms with Crippen LogP contribution in [0.4, 0.5) is 15.8 Å². The third-order valence-corrected chi connectivity index (χ3v) is 6.39. The van der Waals surface area contributed by atoms with Gasteiger partial charge in [-0.1, -0.05) is 11.8 Å². The SMILES string of the molecule is C[C@H]1OCC[C@]2(c3cc(NC(=O)c4ccc(N)cn4)ccc3F)N=C(N)SC[C@H]12. The van der Waals surface area contributed by atoms with Crippen LogP contribution in [0, 0.1) is 11.7 Å². The lowest BCUT2D eigenvalue weighted by atomic mass is 9.72. The van der Waals surface area contributed by atoms with Gasteiger partial charge in [0, 0.05) is 35.9 Å². The van der Waals surface area contributed by atoms with E-state index in [9.17, 15) is 9.18 Å². The third kappa shape index (κ3) is 3.67. The fourth-order valence-corrected chi connectivity index (χ4v) is 5.10. The number of hydrogen-bond acceptors (Lipinski definition) is 7. The maximum atomic E-state index is 15.0. The Labute approximate surface area is 172 Å². The zero-order chi connectivity index (χ0) is 20.6. The van der Waals surface area contributed by atoms with Crippen molar-refractivity contribution in [2.24, 2.45) is 16.6 Å². The highest BCUT2D eigenvalue weighted by molar-refractivity contribution is 8.13. The number of fused-ring (bicyclic) bond motifs is 1. The van der Waals surface area contributed by atoms with Gasteiger partial charge in [0.15, 0.2) is 5.17 Å². The van der Waals surface area contributed by atoms with Gasteiger partial charge >= 0.3 is 0 Å². The van der Waals surface area contributed by atoms with E-state index >= 15 is 0 Å². The van der Waals surface area contributed by atoms with Crippen molar-refractivity contribution >= 4 is 34.2 Å². The summed E-state index contributed by atoms with van der Waals surface area (Å²) in [5.41, 5.74) is 12.4. The molecule has 1 saturated heterocycles. The zero-order valence-corrected chi connectivity index (χ0v) is 16.7. The van der Waals surface area contributed by atoms with Crippen LogP contribution >= 0.6 is 11.8 Å². The Morgan fingerprint density at radius 1 is 1.34 bits per heavy atom. The summed E-state index contributed by atoms with van der Waals surface area (Å²) in [6.45, 7) is 2.44. The Kier molecular flexibility index (Phi) is 5.18. The van der Waals surface area contributed by atoms with Gasteiger partial charge in [-0.2, -0.15) is 0 Å². The lowest BCUT2D eigenvalue weighted by Crippen LogP contribution is -2.50. The summed E-state index contributed by atoms with van der Waals surface area (Å²) >= 11 is 1.46. The molecule has 2 aliphatic rings. The number of rotatable bonds is 3. The number of pyridine rings is 1. The number of carbonyl (C=O) groups excluding carboxylic acids is 1. The van der Waals surface area contributed by atoms with Crippen LogP contribution in [0.3, 0.4) is 0 Å². The van der Waals surface area contributed by atoms with Crippen molar-refractivity contribution in [3.8, 4) is 0 Å². The molecular weight excluding hydrogens is 393 g/mol. The van der Waals surface area contributed by atoms with Crippen molar-refractivity contribution < 1.29 is 13.9 Å². The predicted octanol–water partition coefficient (Wildman–Crippen LogP) is 2.74. The lowest BCUT2D eigenvalue weighted by Gasteiger charge is -2.47. The molecule has 4 rings (SSSR count). The molecule has 1 amide bonds. The quantitative estimate of drug-likeness (QED) is 0.710. The van der Waals surface area contributed by atoms with Gasteiger partial charge in [0.25, 0.3) is 5.91 Å². The van der Waals surface area contributed by atoms with Crippen LogP contribution in [0.1, 0.15) is 29.4 Å². The van der Waals surface area contributed by atoms with Crippen LogP contribution in [-0.4, -0.2) is 34.5 Å². The Morgan fingerprint density at radius 3 is 2.93 bits per heavy atom. The number of thioether (sulfide) groups is 1. The summed E-state index contributed by atoms with van der Waals surface area (Å²) in [4.78, 5) is 21.2. The maximum absolute atomic E-state index is 15.0. The number of anilines is 2. The van der Waals surface area contributed by atoms with Crippen molar-refractivity contribution in [3.63, 3.8) is 0 Å². The van der Waals surface area contributed by atoms with Crippen LogP contribution < -0.4 is 16.8 Å². The minimum absolute atomic E-state index is 0.0206. The van der Waals surface area contributed by atoms with E-state index in [1.165, 1.54) is 36.2 Å². The molecular formula is C20H22FN5O2S. The molecule has 0 bridgehead atoms. The molecule has 0 radical (unpaired) electrons. The van der Waals surface area contributed by atoms with Gasteiger partial charge in [0.2, 0.25) is 0 Å². The topological polar surface area (TPSA) is 116 Å². The molecule has 0 spiro atoms. The second-order valence-corrected chi connectivity index (χ2v) is 8.28. The van der Waals surface area contributed by atoms with Crippen LogP contribution in [0.5, 0.6) is 0 Å². The Bertz CT molecular complexity index is 968. The van der Waals surface area contributed by atoms with Crippen LogP contribution in [0.2, 0.25) is 0 Å². The zero-order valence-electron chi connectivity index (χ0n) is 15.9. The molecule has 152 valence electrons. The molecule has 7 nitrogen and oxygen atoms in total. The van der Waals surface area contributed by atoms with Crippen LogP contribution in [0.15, 0.2) is 41.5 Å². The Hall–Kier alpha value is -2.65. The third-order valence-electron chi connectivity index (χ3n) is 5.47. The van der Waals surface area contributed by atoms with Gasteiger partial charge in [-0.15, -0.1) is 0 Å². The summed E-state index contributed by atoms with van der Waals surface area (Å²) in [5, 5.41) is 3.21. The minimum Gasteiger partial charge on any atom is -0.397 e. The van der Waals surface area contributed by atoms with E-state index < -0.39 is 11.4 Å². The van der Waals surface area contributed by atoms with Crippen molar-refractivity contribution in [1.29, 1.82) is 0 Å². The molecule has 2 aliphatic heterocycles. The lowest BCUT2D eigenvalue weighted by molar-refractivity contribution is -0.0514. The van der Waals surface area contributed by atoms with Crippen LogP contribution in [-0.2, 0) is 10.3 Å². The average molecular weight is 415 g/mol. The summed E-state index contributed by atoms with van der Waals surface area (Å²) in [7, 11) is 0. The normalized spacial score (nSPS) is 26.3. The molecule has 3 atom stereocenters. The van der Waals surface area contributed by atoms with Gasteiger partial charge in [-0.05, 0) is 37.3 Å². The molecule has 9 heteroatoms. The van der Waals surface area contributed by atoms with Gasteiger partial charge in [-0.25, -0.2) is 9.37 Å². The van der Waals surface area contributed by atoms with E-state index in [-0.39, 0.29) is 23.5 Å². The highest BCUT2D eigenvalue weighted by Crippen LogP contribution is 2.48. The molecule has 3 heterocycles. The van der Waals surface area contributed by atoms with Crippen molar-refractivity contribution in [1.82, 2.24) is 4.98 Å². The number of nitrogen functional groups attached to an aromatic ring is 1. The molecule has 0 unspecified atom stereocenters. The first-order valence-electron chi connectivity index (χ1n) is 9.32. The van der Waals surface area contributed by atoms with Gasteiger partial charge in [-0.3, -0.25) is 9.79 Å². The molecule has 1 aromatic carbocycles. The molecule has 29 heavy (non-hydrogen) atoms. The molecule has 0 saturated carbocycles. The predicted molar refractivity (Wildman–Crippen MR) is 112 cm³/mol. The molecule has 1 aromatic heterocycles. The van der Waals surface area contributed by atoms with E-state index in [0.717, 1.165) is 0 Å². The van der Waals surface area contributed by atoms with E-state index in [1.54, 1.807) is 12.1 Å². The number of benzene rings is 1. The van der Waals surface area contributed by atoms with Crippen LogP contribution in [0.25, 0.3) is 0 Å². The first-order valence-corrected chi connectivity index (χ1v) is 10.3. The number of amidine groups is 1. The summed E-state index contributed by atoms with van der Waals surface area (Å²) < 4.78 is 20.8. The maximum Gasteiger partial charge on any atom is 0.274 e. The van der Waals surface area contributed by atoms with Crippen molar-refractivity contribution in [2.45, 2.75) is 25.0 Å². The minimum atomic E-state index is -0.808. The van der Waals surface area contributed by atoms with Gasteiger partial charge in [0.05, 0.1) is 23.5 Å². The highest BCUT2D eigenvalue weighted by atomic mass is 32.2. The first kappa shape index (κ1) is 19.7. The number of amides is 1. The van der Waals surface area contributed by atoms with Gasteiger partial charge in [0.1, 0.15) is 11.5 Å². The number of halogens is 1. The number of hydrogen-bond donors (Lipinski definition) is 3. The second-order valence-electron chi connectivity index (χ2n) is 7.24. The number of nitrogens with zero attached hydrogens (tertiary/aromatic N) is 2. The number of carbonyl (C=O) groups is 1. The van der Waals surface area contributed by atoms with E-state index in [1.807, 2.05) is 6.92 Å². The number of nitrogens with two attached hydrogens (primary N) is 2. The first-order chi connectivity index (χ1) is 13.9. The molecule has 2 aromatic rings. The summed E-state index contributed by atoms with van der Waals surface area (Å²) in [5.74, 6) is -0.106. The fourth-order valence-electron chi connectivity index (χ4n) is 3.97. The van der Waals surface area contributed by atoms with Crippen molar-refractivity contribution in [3.05, 3.63) is 53.6 Å². The largest absolute Gasteiger partial charge is 0.397 e. The van der Waals surface area contributed by atoms with E-state index in [4.69, 9.17) is 21.2 Å². The fraction of sp³-hybridized carbons (Fsp3) is 0.350. The van der Waals surface area contributed by atoms with Gasteiger partial charge < -0.3 is 21.5 Å². The van der Waals surface area contributed by atoms with E-state index in [2.05, 4.69) is 10.3 Å². The second kappa shape index (κ2) is 7.64.